The molecule has 0 fully saturated rings. The molecule has 0 bridgehead atoms. The van der Waals surface area contributed by atoms with Crippen LogP contribution in [0.3, 0.4) is 0 Å². The van der Waals surface area contributed by atoms with Crippen LogP contribution in [0.15, 0.2) is 158 Å². The summed E-state index contributed by atoms with van der Waals surface area (Å²) in [5.41, 5.74) is 8.05. The minimum atomic E-state index is -0.148. The smallest absolute Gasteiger partial charge is 0.0171 e. The monoisotopic (exact) mass is 620 g/mol. The van der Waals surface area contributed by atoms with Gasteiger partial charge in [0, 0.05) is 5.41 Å². The largest absolute Gasteiger partial charge is 0.0616 e. The van der Waals surface area contributed by atoms with E-state index >= 15 is 0 Å². The van der Waals surface area contributed by atoms with Gasteiger partial charge < -0.3 is 0 Å². The Labute approximate surface area is 284 Å². The van der Waals surface area contributed by atoms with E-state index in [1.54, 1.807) is 0 Å². The van der Waals surface area contributed by atoms with Crippen molar-refractivity contribution in [3.8, 4) is 22.3 Å². The molecule has 1 aliphatic carbocycles. The van der Waals surface area contributed by atoms with Crippen molar-refractivity contribution in [2.75, 3.05) is 0 Å². The van der Waals surface area contributed by atoms with E-state index in [1.165, 1.54) is 109 Å². The summed E-state index contributed by atoms with van der Waals surface area (Å²) < 4.78 is 0. The molecule has 1 aliphatic rings. The van der Waals surface area contributed by atoms with E-state index in [0.29, 0.717) is 0 Å². The molecule has 0 nitrogen and oxygen atoms in total. The lowest BCUT2D eigenvalue weighted by Crippen LogP contribution is -2.16. The summed E-state index contributed by atoms with van der Waals surface area (Å²) in [5.74, 6) is 0. The lowest BCUT2D eigenvalue weighted by atomic mass is 9.77. The fourth-order valence-corrected chi connectivity index (χ4v) is 9.57. The van der Waals surface area contributed by atoms with Crippen molar-refractivity contribution in [3.05, 3.63) is 169 Å². The van der Waals surface area contributed by atoms with Gasteiger partial charge in [0.1, 0.15) is 0 Å². The van der Waals surface area contributed by atoms with Gasteiger partial charge in [0.15, 0.2) is 0 Å². The summed E-state index contributed by atoms with van der Waals surface area (Å²) in [4.78, 5) is 0. The van der Waals surface area contributed by atoms with Crippen molar-refractivity contribution in [2.45, 2.75) is 19.3 Å². The first-order chi connectivity index (χ1) is 24.1. The van der Waals surface area contributed by atoms with E-state index < -0.39 is 0 Å². The predicted molar refractivity (Wildman–Crippen MR) is 212 cm³/mol. The van der Waals surface area contributed by atoms with Crippen molar-refractivity contribution < 1.29 is 0 Å². The van der Waals surface area contributed by atoms with Crippen molar-refractivity contribution in [3.63, 3.8) is 0 Å². The van der Waals surface area contributed by atoms with Crippen LogP contribution in [0.2, 0.25) is 0 Å². The highest BCUT2D eigenvalue weighted by atomic mass is 14.4. The number of fused-ring (bicyclic) bond motifs is 18. The molecule has 0 spiro atoms. The highest BCUT2D eigenvalue weighted by Crippen LogP contribution is 2.56. The maximum Gasteiger partial charge on any atom is 0.0171 e. The fourth-order valence-electron chi connectivity index (χ4n) is 9.57. The number of benzene rings is 10. The molecule has 0 heterocycles. The zero-order valence-corrected chi connectivity index (χ0v) is 27.5. The lowest BCUT2D eigenvalue weighted by molar-refractivity contribution is 0.672. The van der Waals surface area contributed by atoms with Crippen LogP contribution in [0.1, 0.15) is 25.0 Å². The molecule has 0 amide bonds. The van der Waals surface area contributed by atoms with Crippen LogP contribution in [0.25, 0.3) is 97.7 Å². The Morgan fingerprint density at radius 2 is 0.857 bits per heavy atom. The third-order valence-electron chi connectivity index (χ3n) is 11.5. The number of hydrogen-bond donors (Lipinski definition) is 0. The molecule has 0 radical (unpaired) electrons. The van der Waals surface area contributed by atoms with Crippen LogP contribution in [0.4, 0.5) is 0 Å². The molecule has 228 valence electrons. The summed E-state index contributed by atoms with van der Waals surface area (Å²) in [7, 11) is 0. The highest BCUT2D eigenvalue weighted by molar-refractivity contribution is 6.33. The van der Waals surface area contributed by atoms with Gasteiger partial charge in [0.25, 0.3) is 0 Å². The molecule has 0 aliphatic heterocycles. The Hall–Kier alpha value is -5.98. The summed E-state index contributed by atoms with van der Waals surface area (Å²) in [5, 5.41) is 18.5. The first-order valence-electron chi connectivity index (χ1n) is 17.4. The van der Waals surface area contributed by atoms with Crippen LogP contribution < -0.4 is 0 Å². The van der Waals surface area contributed by atoms with Crippen molar-refractivity contribution in [2.24, 2.45) is 0 Å². The molecule has 0 unspecified atom stereocenters. The Kier molecular flexibility index (Phi) is 5.27. The van der Waals surface area contributed by atoms with Gasteiger partial charge in [0.05, 0.1) is 0 Å². The predicted octanol–water partition coefficient (Wildman–Crippen LogP) is 13.7. The maximum atomic E-state index is 2.48. The summed E-state index contributed by atoms with van der Waals surface area (Å²) in [6, 6.07) is 59.2. The van der Waals surface area contributed by atoms with Crippen LogP contribution in [-0.2, 0) is 5.41 Å². The fraction of sp³-hybridized carbons (Fsp3) is 0.0612. The topological polar surface area (TPSA) is 0 Å². The average molecular weight is 621 g/mol. The second kappa shape index (κ2) is 9.56. The van der Waals surface area contributed by atoms with Crippen molar-refractivity contribution in [1.82, 2.24) is 0 Å². The second-order valence-corrected chi connectivity index (χ2v) is 14.4. The number of hydrogen-bond acceptors (Lipinski definition) is 0. The van der Waals surface area contributed by atoms with Gasteiger partial charge in [-0.25, -0.2) is 0 Å². The average Bonchev–Trinajstić information content (AvgIpc) is 3.41. The van der Waals surface area contributed by atoms with Gasteiger partial charge in [-0.3, -0.25) is 0 Å². The van der Waals surface area contributed by atoms with E-state index in [1.807, 2.05) is 0 Å². The molecule has 0 atom stereocenters. The quantitative estimate of drug-likeness (QED) is 0.160. The molecular formula is C49H32. The van der Waals surface area contributed by atoms with Crippen LogP contribution in [0, 0.1) is 0 Å². The first kappa shape index (κ1) is 27.0. The molecule has 10 aromatic rings. The molecule has 0 N–H and O–H groups in total. The van der Waals surface area contributed by atoms with Crippen molar-refractivity contribution in [1.29, 1.82) is 0 Å². The zero-order chi connectivity index (χ0) is 32.4. The standard InChI is InChI=1S/C49H32/c1-49(2)47-31-14-4-3-13-29(31)23-26-41(47)46-39-22-12-9-19-36(39)43-27-30(24-25-40(43)48(46)49)42-28-44-34-17-6-5-15-32(34)33-16-7-10-20-37(33)45(44)38-21-11-8-18-35(38)42/h3-28H,1-2H3. The molecular weight excluding hydrogens is 589 g/mol. The van der Waals surface area contributed by atoms with Gasteiger partial charge in [-0.1, -0.05) is 159 Å². The van der Waals surface area contributed by atoms with Gasteiger partial charge in [-0.15, -0.1) is 0 Å². The molecule has 0 saturated heterocycles. The molecule has 0 saturated carbocycles. The molecule has 11 rings (SSSR count). The minimum absolute atomic E-state index is 0.148. The minimum Gasteiger partial charge on any atom is -0.0616 e. The van der Waals surface area contributed by atoms with Crippen LogP contribution >= 0.6 is 0 Å². The molecule has 49 heavy (non-hydrogen) atoms. The maximum absolute atomic E-state index is 2.48. The van der Waals surface area contributed by atoms with Gasteiger partial charge >= 0.3 is 0 Å². The summed E-state index contributed by atoms with van der Waals surface area (Å²) in [6.45, 7) is 4.86. The van der Waals surface area contributed by atoms with E-state index in [9.17, 15) is 0 Å². The van der Waals surface area contributed by atoms with E-state index in [2.05, 4.69) is 172 Å². The van der Waals surface area contributed by atoms with Crippen LogP contribution in [-0.4, -0.2) is 0 Å². The molecule has 0 heteroatoms. The SMILES string of the molecule is CC1(C)c2c(ccc3ccccc23)-c2c1c1ccc(-c3cc4c5ccccc5c5ccccc5c4c4ccccc34)cc1c1ccccc21. The lowest BCUT2D eigenvalue weighted by Gasteiger charge is -2.25. The molecule has 10 aromatic carbocycles. The second-order valence-electron chi connectivity index (χ2n) is 14.4. The summed E-state index contributed by atoms with van der Waals surface area (Å²) >= 11 is 0. The Morgan fingerprint density at radius 3 is 1.57 bits per heavy atom. The van der Waals surface area contributed by atoms with Gasteiger partial charge in [-0.05, 0) is 121 Å². The summed E-state index contributed by atoms with van der Waals surface area (Å²) in [6.07, 6.45) is 0. The Morgan fingerprint density at radius 1 is 0.327 bits per heavy atom. The highest BCUT2D eigenvalue weighted by Gasteiger charge is 2.39. The Bertz CT molecular complexity index is 3070. The van der Waals surface area contributed by atoms with Gasteiger partial charge in [-0.2, -0.15) is 0 Å². The third-order valence-corrected chi connectivity index (χ3v) is 11.5. The van der Waals surface area contributed by atoms with E-state index in [-0.39, 0.29) is 5.41 Å². The third kappa shape index (κ3) is 3.48. The van der Waals surface area contributed by atoms with Crippen LogP contribution in [0.5, 0.6) is 0 Å². The van der Waals surface area contributed by atoms with Gasteiger partial charge in [0.2, 0.25) is 0 Å². The Balaban J connectivity index is 1.26. The van der Waals surface area contributed by atoms with E-state index in [0.717, 1.165) is 0 Å². The first-order valence-corrected chi connectivity index (χ1v) is 17.4. The van der Waals surface area contributed by atoms with Crippen molar-refractivity contribution >= 4 is 75.4 Å². The molecule has 0 aromatic heterocycles. The van der Waals surface area contributed by atoms with E-state index in [4.69, 9.17) is 0 Å². The number of rotatable bonds is 1. The normalized spacial score (nSPS) is 13.7. The zero-order valence-electron chi connectivity index (χ0n) is 27.5.